The van der Waals surface area contributed by atoms with E-state index in [2.05, 4.69) is 55.4 Å². The van der Waals surface area contributed by atoms with Crippen molar-refractivity contribution in [1.29, 1.82) is 0 Å². The molecule has 18 heavy (non-hydrogen) atoms. The Morgan fingerprint density at radius 2 is 2.17 bits per heavy atom. The predicted molar refractivity (Wildman–Crippen MR) is 77.7 cm³/mol. The van der Waals surface area contributed by atoms with Crippen molar-refractivity contribution < 1.29 is 0 Å². The minimum atomic E-state index is 0.685. The second kappa shape index (κ2) is 6.35. The van der Waals surface area contributed by atoms with E-state index in [1.807, 2.05) is 0 Å². The first kappa shape index (κ1) is 13.6. The SMILES string of the molecule is CCNC1CCCC1N(C)Cc1cccc(C)c1. The zero-order valence-corrected chi connectivity index (χ0v) is 11.9. The van der Waals surface area contributed by atoms with E-state index in [0.29, 0.717) is 12.1 Å². The zero-order chi connectivity index (χ0) is 13.0. The monoisotopic (exact) mass is 246 g/mol. The summed E-state index contributed by atoms with van der Waals surface area (Å²) < 4.78 is 0. The van der Waals surface area contributed by atoms with Crippen molar-refractivity contribution >= 4 is 0 Å². The van der Waals surface area contributed by atoms with Crippen LogP contribution in [0.2, 0.25) is 0 Å². The summed E-state index contributed by atoms with van der Waals surface area (Å²) in [6.45, 7) is 6.52. The molecule has 2 rings (SSSR count). The fourth-order valence-electron chi connectivity index (χ4n) is 3.18. The smallest absolute Gasteiger partial charge is 0.0249 e. The lowest BCUT2D eigenvalue weighted by Gasteiger charge is -2.30. The van der Waals surface area contributed by atoms with Gasteiger partial charge in [-0.15, -0.1) is 0 Å². The van der Waals surface area contributed by atoms with Gasteiger partial charge in [-0.25, -0.2) is 0 Å². The molecule has 2 atom stereocenters. The molecule has 1 aliphatic rings. The summed E-state index contributed by atoms with van der Waals surface area (Å²) in [6.07, 6.45) is 4.02. The van der Waals surface area contributed by atoms with E-state index >= 15 is 0 Å². The third-order valence-corrected chi connectivity index (χ3v) is 4.03. The lowest BCUT2D eigenvalue weighted by molar-refractivity contribution is 0.205. The Morgan fingerprint density at radius 1 is 1.33 bits per heavy atom. The Balaban J connectivity index is 1.96. The van der Waals surface area contributed by atoms with Gasteiger partial charge >= 0.3 is 0 Å². The fraction of sp³-hybridized carbons (Fsp3) is 0.625. The molecule has 2 unspecified atom stereocenters. The normalized spacial score (nSPS) is 23.8. The first-order valence-corrected chi connectivity index (χ1v) is 7.20. The quantitative estimate of drug-likeness (QED) is 0.859. The molecule has 0 heterocycles. The Bertz CT molecular complexity index is 375. The highest BCUT2D eigenvalue weighted by atomic mass is 15.2. The van der Waals surface area contributed by atoms with E-state index < -0.39 is 0 Å². The van der Waals surface area contributed by atoms with Gasteiger partial charge in [-0.05, 0) is 38.9 Å². The molecule has 100 valence electrons. The molecule has 1 aliphatic carbocycles. The van der Waals surface area contributed by atoms with Crippen molar-refractivity contribution in [2.75, 3.05) is 13.6 Å². The highest BCUT2D eigenvalue weighted by molar-refractivity contribution is 5.22. The maximum atomic E-state index is 3.63. The summed E-state index contributed by atoms with van der Waals surface area (Å²) in [7, 11) is 2.27. The molecule has 0 saturated heterocycles. The lowest BCUT2D eigenvalue weighted by Crippen LogP contribution is -2.44. The summed E-state index contributed by atoms with van der Waals surface area (Å²) in [5, 5.41) is 3.63. The summed E-state index contributed by atoms with van der Waals surface area (Å²) in [6, 6.07) is 10.2. The molecule has 0 amide bonds. The van der Waals surface area contributed by atoms with Gasteiger partial charge in [0.05, 0.1) is 0 Å². The average Bonchev–Trinajstić information content (AvgIpc) is 2.78. The van der Waals surface area contributed by atoms with Crippen LogP contribution in [0.5, 0.6) is 0 Å². The van der Waals surface area contributed by atoms with Crippen molar-refractivity contribution in [3.63, 3.8) is 0 Å². The molecule has 1 N–H and O–H groups in total. The van der Waals surface area contributed by atoms with Gasteiger partial charge in [0, 0.05) is 18.6 Å². The predicted octanol–water partition coefficient (Wildman–Crippen LogP) is 2.96. The molecule has 1 aromatic rings. The van der Waals surface area contributed by atoms with E-state index in [9.17, 15) is 0 Å². The van der Waals surface area contributed by atoms with Crippen LogP contribution in [0.1, 0.15) is 37.3 Å². The van der Waals surface area contributed by atoms with Crippen LogP contribution in [0.15, 0.2) is 24.3 Å². The number of hydrogen-bond acceptors (Lipinski definition) is 2. The van der Waals surface area contributed by atoms with Gasteiger partial charge in [0.15, 0.2) is 0 Å². The largest absolute Gasteiger partial charge is 0.313 e. The van der Waals surface area contributed by atoms with Gasteiger partial charge in [0.25, 0.3) is 0 Å². The molecule has 2 heteroatoms. The topological polar surface area (TPSA) is 15.3 Å². The van der Waals surface area contributed by atoms with Crippen LogP contribution in [0.3, 0.4) is 0 Å². The minimum Gasteiger partial charge on any atom is -0.313 e. The van der Waals surface area contributed by atoms with Crippen LogP contribution in [0, 0.1) is 6.92 Å². The molecule has 0 spiro atoms. The number of benzene rings is 1. The first-order chi connectivity index (χ1) is 8.70. The Kier molecular flexibility index (Phi) is 4.79. The van der Waals surface area contributed by atoms with E-state index in [4.69, 9.17) is 0 Å². The second-order valence-corrected chi connectivity index (χ2v) is 5.57. The lowest BCUT2D eigenvalue weighted by atomic mass is 10.1. The van der Waals surface area contributed by atoms with Crippen LogP contribution >= 0.6 is 0 Å². The van der Waals surface area contributed by atoms with Crippen molar-refractivity contribution in [3.8, 4) is 0 Å². The minimum absolute atomic E-state index is 0.685. The number of hydrogen-bond donors (Lipinski definition) is 1. The fourth-order valence-corrected chi connectivity index (χ4v) is 3.18. The molecule has 0 bridgehead atoms. The van der Waals surface area contributed by atoms with Crippen LogP contribution in [-0.2, 0) is 6.54 Å². The Morgan fingerprint density at radius 3 is 2.89 bits per heavy atom. The molecule has 0 aliphatic heterocycles. The van der Waals surface area contributed by atoms with Crippen molar-refractivity contribution in [1.82, 2.24) is 10.2 Å². The first-order valence-electron chi connectivity index (χ1n) is 7.20. The number of nitrogens with one attached hydrogen (secondary N) is 1. The average molecular weight is 246 g/mol. The van der Waals surface area contributed by atoms with Gasteiger partial charge in [0.1, 0.15) is 0 Å². The van der Waals surface area contributed by atoms with Crippen LogP contribution in [0.4, 0.5) is 0 Å². The van der Waals surface area contributed by atoms with Crippen molar-refractivity contribution in [2.45, 2.75) is 51.7 Å². The van der Waals surface area contributed by atoms with E-state index in [1.165, 1.54) is 30.4 Å². The van der Waals surface area contributed by atoms with Crippen molar-refractivity contribution in [3.05, 3.63) is 35.4 Å². The van der Waals surface area contributed by atoms with Crippen LogP contribution in [-0.4, -0.2) is 30.6 Å². The molecule has 1 saturated carbocycles. The van der Waals surface area contributed by atoms with Crippen molar-refractivity contribution in [2.24, 2.45) is 0 Å². The second-order valence-electron chi connectivity index (χ2n) is 5.57. The van der Waals surface area contributed by atoms with E-state index in [0.717, 1.165) is 13.1 Å². The third kappa shape index (κ3) is 3.33. The summed E-state index contributed by atoms with van der Waals surface area (Å²) in [4.78, 5) is 2.52. The summed E-state index contributed by atoms with van der Waals surface area (Å²) in [5.41, 5.74) is 2.79. The molecule has 1 aromatic carbocycles. The van der Waals surface area contributed by atoms with Crippen LogP contribution in [0.25, 0.3) is 0 Å². The maximum Gasteiger partial charge on any atom is 0.0249 e. The van der Waals surface area contributed by atoms with Gasteiger partial charge in [-0.2, -0.15) is 0 Å². The maximum absolute atomic E-state index is 3.63. The zero-order valence-electron chi connectivity index (χ0n) is 11.9. The van der Waals surface area contributed by atoms with Gasteiger partial charge in [0.2, 0.25) is 0 Å². The highest BCUT2D eigenvalue weighted by Crippen LogP contribution is 2.24. The van der Waals surface area contributed by atoms with Gasteiger partial charge in [-0.1, -0.05) is 43.2 Å². The number of nitrogens with zero attached hydrogens (tertiary/aromatic N) is 1. The number of likely N-dealkylation sites (N-methyl/N-ethyl adjacent to an activating group) is 2. The third-order valence-electron chi connectivity index (χ3n) is 4.03. The molecule has 1 fully saturated rings. The highest BCUT2D eigenvalue weighted by Gasteiger charge is 2.29. The molecule has 0 aromatic heterocycles. The summed E-state index contributed by atoms with van der Waals surface area (Å²) in [5.74, 6) is 0. The Labute approximate surface area is 111 Å². The van der Waals surface area contributed by atoms with E-state index in [-0.39, 0.29) is 0 Å². The summed E-state index contributed by atoms with van der Waals surface area (Å²) >= 11 is 0. The Hall–Kier alpha value is -0.860. The van der Waals surface area contributed by atoms with Crippen LogP contribution < -0.4 is 5.32 Å². The number of aryl methyl sites for hydroxylation is 1. The number of rotatable bonds is 5. The standard InChI is InChI=1S/C16H26N2/c1-4-17-15-9-6-10-16(15)18(3)12-14-8-5-7-13(2)11-14/h5,7-8,11,15-17H,4,6,9-10,12H2,1-3H3. The molecular formula is C16H26N2. The van der Waals surface area contributed by atoms with E-state index in [1.54, 1.807) is 0 Å². The van der Waals surface area contributed by atoms with Gasteiger partial charge < -0.3 is 5.32 Å². The molecule has 0 radical (unpaired) electrons. The molecular weight excluding hydrogens is 220 g/mol. The molecule has 2 nitrogen and oxygen atoms in total. The van der Waals surface area contributed by atoms with Gasteiger partial charge in [-0.3, -0.25) is 4.90 Å².